The lowest BCUT2D eigenvalue weighted by atomic mass is 9.87. The molecule has 0 aliphatic rings. The molecule has 1 aromatic heterocycles. The highest BCUT2D eigenvalue weighted by Crippen LogP contribution is 2.40. The predicted octanol–water partition coefficient (Wildman–Crippen LogP) is 7.17. The summed E-state index contributed by atoms with van der Waals surface area (Å²) in [4.78, 5) is 17.1. The molecule has 0 spiro atoms. The number of halogens is 1. The fraction of sp³-hybridized carbons (Fsp3) is 0.259. The maximum atomic E-state index is 14.2. The summed E-state index contributed by atoms with van der Waals surface area (Å²) in [5, 5.41) is 0. The van der Waals surface area contributed by atoms with Gasteiger partial charge in [-0.1, -0.05) is 70.7 Å². The van der Waals surface area contributed by atoms with Crippen molar-refractivity contribution in [2.45, 2.75) is 46.1 Å². The Labute approximate surface area is 183 Å². The minimum Gasteiger partial charge on any atom is -0.488 e. The summed E-state index contributed by atoms with van der Waals surface area (Å²) in [6.07, 6.45) is 2.55. The highest BCUT2D eigenvalue weighted by Gasteiger charge is 2.24. The quantitative estimate of drug-likeness (QED) is 0.365. The van der Waals surface area contributed by atoms with Gasteiger partial charge in [-0.3, -0.25) is 9.78 Å². The van der Waals surface area contributed by atoms with E-state index in [1.165, 1.54) is 12.1 Å². The molecule has 31 heavy (non-hydrogen) atoms. The van der Waals surface area contributed by atoms with E-state index in [0.29, 0.717) is 22.4 Å². The van der Waals surface area contributed by atoms with E-state index in [9.17, 15) is 9.18 Å². The molecule has 2 aromatic carbocycles. The Hall–Kier alpha value is -3.27. The van der Waals surface area contributed by atoms with Crippen LogP contribution in [0.5, 0.6) is 5.75 Å². The fourth-order valence-corrected chi connectivity index (χ4v) is 3.71. The normalized spacial score (nSPS) is 11.1. The summed E-state index contributed by atoms with van der Waals surface area (Å²) < 4.78 is 20.2. The summed E-state index contributed by atoms with van der Waals surface area (Å²) in [6.45, 7) is 12.4. The van der Waals surface area contributed by atoms with Crippen LogP contribution in [0.15, 0.2) is 55.1 Å². The van der Waals surface area contributed by atoms with Crippen molar-refractivity contribution in [3.63, 3.8) is 0 Å². The second-order valence-electron chi connectivity index (χ2n) is 8.13. The smallest absolute Gasteiger partial charge is 0.152 e. The first-order valence-corrected chi connectivity index (χ1v) is 10.5. The molecule has 0 fully saturated rings. The lowest BCUT2D eigenvalue weighted by molar-refractivity contribution is 0.112. The van der Waals surface area contributed by atoms with Gasteiger partial charge in [0.15, 0.2) is 6.29 Å². The van der Waals surface area contributed by atoms with E-state index >= 15 is 0 Å². The van der Waals surface area contributed by atoms with Crippen LogP contribution in [0.1, 0.15) is 72.4 Å². The molecular formula is C27H28FNO2. The van der Waals surface area contributed by atoms with Gasteiger partial charge >= 0.3 is 0 Å². The van der Waals surface area contributed by atoms with Gasteiger partial charge in [0.05, 0.1) is 11.4 Å². The minimum absolute atomic E-state index is 0.0458. The van der Waals surface area contributed by atoms with Crippen LogP contribution < -0.4 is 4.74 Å². The molecule has 1 heterocycles. The summed E-state index contributed by atoms with van der Waals surface area (Å²) in [6, 6.07) is 14.1. The van der Waals surface area contributed by atoms with Gasteiger partial charge < -0.3 is 4.74 Å². The third-order valence-electron chi connectivity index (χ3n) is 5.20. The number of hydrogen-bond acceptors (Lipinski definition) is 3. The summed E-state index contributed by atoms with van der Waals surface area (Å²) in [5.74, 6) is 0.149. The molecule has 0 bridgehead atoms. The van der Waals surface area contributed by atoms with Crippen LogP contribution in [0.2, 0.25) is 0 Å². The van der Waals surface area contributed by atoms with Crippen LogP contribution >= 0.6 is 0 Å². The van der Waals surface area contributed by atoms with Crippen molar-refractivity contribution in [1.29, 1.82) is 0 Å². The maximum absolute atomic E-state index is 14.2. The standard InChI is InChI=1S/C27H28FNO2/c1-6-21-25(23(15-30)27(18(4)5)29-26(21)17(2)3)22-13-12-20(28)14-24(22)31-16-19-10-8-7-9-11-19/h6-15,17-18H,1,16H2,2-5H3. The number of hydrogen-bond donors (Lipinski definition) is 0. The van der Waals surface area contributed by atoms with Crippen LogP contribution in [-0.4, -0.2) is 11.3 Å². The van der Waals surface area contributed by atoms with E-state index in [2.05, 4.69) is 20.4 Å². The lowest BCUT2D eigenvalue weighted by Crippen LogP contribution is -2.10. The maximum Gasteiger partial charge on any atom is 0.152 e. The lowest BCUT2D eigenvalue weighted by Gasteiger charge is -2.22. The van der Waals surface area contributed by atoms with Crippen molar-refractivity contribution in [2.75, 3.05) is 0 Å². The van der Waals surface area contributed by atoms with Crippen molar-refractivity contribution < 1.29 is 13.9 Å². The molecule has 3 aromatic rings. The minimum atomic E-state index is -0.401. The number of carbonyl (C=O) groups excluding carboxylic acids is 1. The third-order valence-corrected chi connectivity index (χ3v) is 5.20. The van der Waals surface area contributed by atoms with E-state index in [-0.39, 0.29) is 18.4 Å². The average Bonchev–Trinajstić information content (AvgIpc) is 2.76. The molecule has 0 radical (unpaired) electrons. The van der Waals surface area contributed by atoms with Crippen molar-refractivity contribution >= 4 is 12.4 Å². The molecule has 0 N–H and O–H groups in total. The van der Waals surface area contributed by atoms with Crippen LogP contribution in [0, 0.1) is 5.82 Å². The van der Waals surface area contributed by atoms with Gasteiger partial charge in [0.1, 0.15) is 18.2 Å². The highest BCUT2D eigenvalue weighted by molar-refractivity contribution is 5.95. The van der Waals surface area contributed by atoms with Crippen molar-refractivity contribution in [3.8, 4) is 16.9 Å². The van der Waals surface area contributed by atoms with E-state index in [1.54, 1.807) is 12.1 Å². The molecule has 0 saturated carbocycles. The first-order valence-electron chi connectivity index (χ1n) is 10.5. The zero-order chi connectivity index (χ0) is 22.5. The Morgan fingerprint density at radius 1 is 1.00 bits per heavy atom. The predicted molar refractivity (Wildman–Crippen MR) is 124 cm³/mol. The molecule has 4 heteroatoms. The zero-order valence-corrected chi connectivity index (χ0v) is 18.5. The Morgan fingerprint density at radius 3 is 2.23 bits per heavy atom. The monoisotopic (exact) mass is 417 g/mol. The SMILES string of the molecule is C=Cc1c(C(C)C)nc(C(C)C)c(C=O)c1-c1ccc(F)cc1OCc1ccccc1. The first kappa shape index (κ1) is 22.4. The summed E-state index contributed by atoms with van der Waals surface area (Å²) >= 11 is 0. The van der Waals surface area contributed by atoms with Gasteiger partial charge in [0.25, 0.3) is 0 Å². The molecule has 0 aliphatic heterocycles. The second kappa shape index (κ2) is 9.69. The van der Waals surface area contributed by atoms with Gasteiger partial charge in [-0.15, -0.1) is 0 Å². The fourth-order valence-electron chi connectivity index (χ4n) is 3.71. The van der Waals surface area contributed by atoms with Crippen LogP contribution in [-0.2, 0) is 6.61 Å². The number of ether oxygens (including phenoxy) is 1. The molecule has 3 nitrogen and oxygen atoms in total. The van der Waals surface area contributed by atoms with Crippen LogP contribution in [0.3, 0.4) is 0 Å². The van der Waals surface area contributed by atoms with Gasteiger partial charge in [-0.2, -0.15) is 0 Å². The Morgan fingerprint density at radius 2 is 1.65 bits per heavy atom. The topological polar surface area (TPSA) is 39.2 Å². The van der Waals surface area contributed by atoms with Crippen LogP contribution in [0.4, 0.5) is 4.39 Å². The average molecular weight is 418 g/mol. The van der Waals surface area contributed by atoms with Crippen molar-refractivity contribution in [3.05, 3.63) is 89.0 Å². The van der Waals surface area contributed by atoms with Gasteiger partial charge in [0.2, 0.25) is 0 Å². The second-order valence-corrected chi connectivity index (χ2v) is 8.13. The van der Waals surface area contributed by atoms with Gasteiger partial charge in [0, 0.05) is 28.3 Å². The molecule has 0 unspecified atom stereocenters. The largest absolute Gasteiger partial charge is 0.488 e. The Bertz CT molecular complexity index is 1050. The number of aldehydes is 1. The van der Waals surface area contributed by atoms with Gasteiger partial charge in [-0.25, -0.2) is 4.39 Å². The van der Waals surface area contributed by atoms with E-state index in [4.69, 9.17) is 9.72 Å². The van der Waals surface area contributed by atoms with E-state index < -0.39 is 5.82 Å². The molecule has 0 saturated heterocycles. The number of benzene rings is 2. The number of carbonyl (C=O) groups is 1. The Balaban J connectivity index is 2.26. The van der Waals surface area contributed by atoms with Crippen LogP contribution in [0.25, 0.3) is 17.2 Å². The molecular weight excluding hydrogens is 389 g/mol. The van der Waals surface area contributed by atoms with Gasteiger partial charge in [-0.05, 0) is 29.5 Å². The Kier molecular flexibility index (Phi) is 7.01. The number of rotatable bonds is 8. The zero-order valence-electron chi connectivity index (χ0n) is 18.5. The van der Waals surface area contributed by atoms with Crippen molar-refractivity contribution in [1.82, 2.24) is 4.98 Å². The first-order chi connectivity index (χ1) is 14.9. The van der Waals surface area contributed by atoms with E-state index in [1.807, 2.05) is 44.2 Å². The molecule has 0 aliphatic carbocycles. The molecule has 160 valence electrons. The summed E-state index contributed by atoms with van der Waals surface area (Å²) in [7, 11) is 0. The van der Waals surface area contributed by atoms with Crippen molar-refractivity contribution in [2.24, 2.45) is 0 Å². The van der Waals surface area contributed by atoms with E-state index in [0.717, 1.165) is 28.8 Å². The summed E-state index contributed by atoms with van der Waals surface area (Å²) in [5.41, 5.74) is 5.16. The highest BCUT2D eigenvalue weighted by atomic mass is 19.1. The molecule has 3 rings (SSSR count). The molecule has 0 amide bonds. The molecule has 0 atom stereocenters. The number of aromatic nitrogens is 1. The number of nitrogens with zero attached hydrogens (tertiary/aromatic N) is 1. The third kappa shape index (κ3) is 4.74. The number of pyridine rings is 1.